The molecule has 4 nitrogen and oxygen atoms in total. The molecule has 0 aromatic heterocycles. The van der Waals surface area contributed by atoms with Gasteiger partial charge in [-0.3, -0.25) is 0 Å². The normalized spacial score (nSPS) is 12.2. The predicted octanol–water partition coefficient (Wildman–Crippen LogP) is 0.893. The molecule has 0 aliphatic heterocycles. The van der Waals surface area contributed by atoms with E-state index in [0.29, 0.717) is 6.61 Å². The first-order valence-corrected chi connectivity index (χ1v) is 4.24. The molecule has 2 N–H and O–H groups in total. The van der Waals surface area contributed by atoms with Crippen LogP contribution >= 0.6 is 0 Å². The SMILES string of the molecule is CCCCOC(=O)N[C@H](C)CO. The minimum absolute atomic E-state index is 0.0666. The van der Waals surface area contributed by atoms with E-state index in [1.807, 2.05) is 6.92 Å². The lowest BCUT2D eigenvalue weighted by atomic mass is 10.4. The Bertz CT molecular complexity index is 127. The summed E-state index contributed by atoms with van der Waals surface area (Å²) in [6, 6.07) is -0.237. The first-order valence-electron chi connectivity index (χ1n) is 4.24. The predicted molar refractivity (Wildman–Crippen MR) is 45.9 cm³/mol. The third-order valence-corrected chi connectivity index (χ3v) is 1.37. The molecule has 0 saturated carbocycles. The molecule has 0 spiro atoms. The van der Waals surface area contributed by atoms with E-state index in [1.165, 1.54) is 0 Å². The summed E-state index contributed by atoms with van der Waals surface area (Å²) >= 11 is 0. The van der Waals surface area contributed by atoms with Crippen LogP contribution in [0.4, 0.5) is 4.79 Å². The molecule has 1 amide bonds. The Morgan fingerprint density at radius 1 is 1.67 bits per heavy atom. The standard InChI is InChI=1S/C8H17NO3/c1-3-4-5-12-8(11)9-7(2)6-10/h7,10H,3-6H2,1-2H3,(H,9,11)/t7-/m1/s1. The van der Waals surface area contributed by atoms with Crippen LogP contribution in [-0.4, -0.2) is 30.5 Å². The van der Waals surface area contributed by atoms with E-state index in [2.05, 4.69) is 5.32 Å². The number of nitrogens with one attached hydrogen (secondary N) is 1. The molecule has 72 valence electrons. The second-order valence-corrected chi connectivity index (χ2v) is 2.72. The number of carbonyl (C=O) groups is 1. The summed E-state index contributed by atoms with van der Waals surface area (Å²) in [7, 11) is 0. The zero-order chi connectivity index (χ0) is 9.40. The number of hydrogen-bond donors (Lipinski definition) is 2. The van der Waals surface area contributed by atoms with Crippen LogP contribution in [0, 0.1) is 0 Å². The maximum absolute atomic E-state index is 10.8. The molecule has 0 radical (unpaired) electrons. The molecule has 0 rings (SSSR count). The Hall–Kier alpha value is -0.770. The average Bonchev–Trinajstić information content (AvgIpc) is 2.05. The fraction of sp³-hybridized carbons (Fsp3) is 0.875. The van der Waals surface area contributed by atoms with Gasteiger partial charge < -0.3 is 15.2 Å². The van der Waals surface area contributed by atoms with Gasteiger partial charge >= 0.3 is 6.09 Å². The third kappa shape index (κ3) is 5.97. The monoisotopic (exact) mass is 175 g/mol. The highest BCUT2D eigenvalue weighted by molar-refractivity contribution is 5.67. The summed E-state index contributed by atoms with van der Waals surface area (Å²) in [5.41, 5.74) is 0. The molecule has 12 heavy (non-hydrogen) atoms. The zero-order valence-corrected chi connectivity index (χ0v) is 7.67. The van der Waals surface area contributed by atoms with Gasteiger partial charge in [-0.2, -0.15) is 0 Å². The van der Waals surface area contributed by atoms with E-state index in [4.69, 9.17) is 9.84 Å². The average molecular weight is 175 g/mol. The minimum atomic E-state index is -0.454. The lowest BCUT2D eigenvalue weighted by Gasteiger charge is -2.10. The molecule has 0 aliphatic rings. The molecule has 0 aromatic rings. The Balaban J connectivity index is 3.33. The number of rotatable bonds is 5. The van der Waals surface area contributed by atoms with Gasteiger partial charge in [-0.1, -0.05) is 13.3 Å². The van der Waals surface area contributed by atoms with E-state index in [9.17, 15) is 4.79 Å². The summed E-state index contributed by atoms with van der Waals surface area (Å²) in [6.07, 6.45) is 1.43. The second-order valence-electron chi connectivity index (χ2n) is 2.72. The summed E-state index contributed by atoms with van der Waals surface area (Å²) < 4.78 is 4.79. The smallest absolute Gasteiger partial charge is 0.407 e. The van der Waals surface area contributed by atoms with E-state index in [-0.39, 0.29) is 12.6 Å². The molecule has 0 heterocycles. The van der Waals surface area contributed by atoms with E-state index >= 15 is 0 Å². The number of alkyl carbamates (subject to hydrolysis) is 1. The highest BCUT2D eigenvalue weighted by Crippen LogP contribution is 1.89. The fourth-order valence-electron chi connectivity index (χ4n) is 0.598. The van der Waals surface area contributed by atoms with Gasteiger partial charge in [-0.05, 0) is 13.3 Å². The van der Waals surface area contributed by atoms with Crippen molar-refractivity contribution in [2.45, 2.75) is 32.7 Å². The molecule has 1 atom stereocenters. The first-order chi connectivity index (χ1) is 5.70. The van der Waals surface area contributed by atoms with Gasteiger partial charge in [0.2, 0.25) is 0 Å². The number of amides is 1. The number of ether oxygens (including phenoxy) is 1. The van der Waals surface area contributed by atoms with Gasteiger partial charge in [0.25, 0.3) is 0 Å². The van der Waals surface area contributed by atoms with Gasteiger partial charge in [0.1, 0.15) is 0 Å². The van der Waals surface area contributed by atoms with Crippen molar-refractivity contribution in [3.8, 4) is 0 Å². The quantitative estimate of drug-likeness (QED) is 0.610. The van der Waals surface area contributed by atoms with Crippen molar-refractivity contribution in [2.24, 2.45) is 0 Å². The number of hydrogen-bond acceptors (Lipinski definition) is 3. The second kappa shape index (κ2) is 6.91. The van der Waals surface area contributed by atoms with Crippen LogP contribution in [0.5, 0.6) is 0 Å². The van der Waals surface area contributed by atoms with Crippen LogP contribution in [0.3, 0.4) is 0 Å². The maximum Gasteiger partial charge on any atom is 0.407 e. The molecule has 4 heteroatoms. The topological polar surface area (TPSA) is 58.6 Å². The van der Waals surface area contributed by atoms with Gasteiger partial charge in [-0.25, -0.2) is 4.79 Å². The van der Waals surface area contributed by atoms with E-state index in [1.54, 1.807) is 6.92 Å². The highest BCUT2D eigenvalue weighted by atomic mass is 16.5. The molecule has 0 aliphatic carbocycles. The van der Waals surface area contributed by atoms with Crippen molar-refractivity contribution in [3.63, 3.8) is 0 Å². The number of carbonyl (C=O) groups excluding carboxylic acids is 1. The molecular formula is C8H17NO3. The van der Waals surface area contributed by atoms with Crippen molar-refractivity contribution < 1.29 is 14.6 Å². The van der Waals surface area contributed by atoms with Crippen LogP contribution in [0.1, 0.15) is 26.7 Å². The number of aliphatic hydroxyl groups is 1. The molecule has 0 bridgehead atoms. The lowest BCUT2D eigenvalue weighted by molar-refractivity contribution is 0.135. The highest BCUT2D eigenvalue weighted by Gasteiger charge is 2.05. The Morgan fingerprint density at radius 2 is 2.33 bits per heavy atom. The summed E-state index contributed by atoms with van der Waals surface area (Å²) in [5.74, 6) is 0. The minimum Gasteiger partial charge on any atom is -0.450 e. The summed E-state index contributed by atoms with van der Waals surface area (Å²) in [6.45, 7) is 4.11. The largest absolute Gasteiger partial charge is 0.450 e. The zero-order valence-electron chi connectivity index (χ0n) is 7.67. The van der Waals surface area contributed by atoms with Crippen LogP contribution in [0.2, 0.25) is 0 Å². The van der Waals surface area contributed by atoms with Gasteiger partial charge in [-0.15, -0.1) is 0 Å². The summed E-state index contributed by atoms with van der Waals surface area (Å²) in [4.78, 5) is 10.8. The van der Waals surface area contributed by atoms with Crippen molar-refractivity contribution in [1.82, 2.24) is 5.32 Å². The van der Waals surface area contributed by atoms with Crippen molar-refractivity contribution in [2.75, 3.05) is 13.2 Å². The van der Waals surface area contributed by atoms with Crippen LogP contribution in [0.25, 0.3) is 0 Å². The molecule has 0 fully saturated rings. The van der Waals surface area contributed by atoms with Crippen molar-refractivity contribution in [3.05, 3.63) is 0 Å². The maximum atomic E-state index is 10.8. The summed E-state index contributed by atoms with van der Waals surface area (Å²) in [5, 5.41) is 11.1. The van der Waals surface area contributed by atoms with Crippen LogP contribution in [-0.2, 0) is 4.74 Å². The molecule has 0 unspecified atom stereocenters. The van der Waals surface area contributed by atoms with Gasteiger partial charge in [0.05, 0.1) is 19.3 Å². The van der Waals surface area contributed by atoms with Gasteiger partial charge in [0, 0.05) is 0 Å². The Morgan fingerprint density at radius 3 is 2.83 bits per heavy atom. The molecule has 0 aromatic carbocycles. The Labute approximate surface area is 72.9 Å². The lowest BCUT2D eigenvalue weighted by Crippen LogP contribution is -2.35. The Kier molecular flexibility index (Phi) is 6.47. The van der Waals surface area contributed by atoms with E-state index < -0.39 is 6.09 Å². The van der Waals surface area contributed by atoms with Crippen LogP contribution in [0.15, 0.2) is 0 Å². The third-order valence-electron chi connectivity index (χ3n) is 1.37. The molecule has 0 saturated heterocycles. The van der Waals surface area contributed by atoms with Gasteiger partial charge in [0.15, 0.2) is 0 Å². The first kappa shape index (κ1) is 11.2. The van der Waals surface area contributed by atoms with Crippen LogP contribution < -0.4 is 5.32 Å². The van der Waals surface area contributed by atoms with Crippen molar-refractivity contribution in [1.29, 1.82) is 0 Å². The fourth-order valence-corrected chi connectivity index (χ4v) is 0.598. The van der Waals surface area contributed by atoms with Crippen molar-refractivity contribution >= 4 is 6.09 Å². The number of unbranched alkanes of at least 4 members (excludes halogenated alkanes) is 1. The number of aliphatic hydroxyl groups excluding tert-OH is 1. The van der Waals surface area contributed by atoms with E-state index in [0.717, 1.165) is 12.8 Å². The molecular weight excluding hydrogens is 158 g/mol.